The first-order valence-electron chi connectivity index (χ1n) is 4.58. The molecule has 2 nitrogen and oxygen atoms in total. The van der Waals surface area contributed by atoms with E-state index in [9.17, 15) is 4.39 Å². The number of hydrogen-bond acceptors (Lipinski definition) is 2. The Morgan fingerprint density at radius 1 is 1.29 bits per heavy atom. The van der Waals surface area contributed by atoms with Gasteiger partial charge >= 0.3 is 0 Å². The maximum absolute atomic E-state index is 13.5. The number of nitrogens with zero attached hydrogens (tertiary/aromatic N) is 1. The Morgan fingerprint density at radius 2 is 1.86 bits per heavy atom. The molecule has 0 amide bonds. The van der Waals surface area contributed by atoms with Crippen LogP contribution in [0.15, 0.2) is 6.07 Å². The van der Waals surface area contributed by atoms with Crippen LogP contribution in [0.5, 0.6) is 0 Å². The number of hydrogen-bond donors (Lipinski definition) is 1. The van der Waals surface area contributed by atoms with Crippen molar-refractivity contribution >= 4 is 0 Å². The van der Waals surface area contributed by atoms with Gasteiger partial charge in [-0.25, -0.2) is 4.39 Å². The SMILES string of the molecule is Cc1cc(C)c(CN(C)O)c(C)c1F. The summed E-state index contributed by atoms with van der Waals surface area (Å²) < 4.78 is 13.5. The van der Waals surface area contributed by atoms with E-state index >= 15 is 0 Å². The minimum Gasteiger partial charge on any atom is -0.314 e. The Hall–Kier alpha value is -0.930. The topological polar surface area (TPSA) is 23.5 Å². The van der Waals surface area contributed by atoms with Gasteiger partial charge in [-0.05, 0) is 43.0 Å². The fourth-order valence-corrected chi connectivity index (χ4v) is 1.67. The van der Waals surface area contributed by atoms with Crippen molar-refractivity contribution in [2.75, 3.05) is 7.05 Å². The van der Waals surface area contributed by atoms with Crippen LogP contribution < -0.4 is 0 Å². The Bertz CT molecular complexity index is 348. The first kappa shape index (κ1) is 11.1. The van der Waals surface area contributed by atoms with Crippen LogP contribution in [-0.2, 0) is 6.54 Å². The molecule has 0 heterocycles. The molecular weight excluding hydrogens is 181 g/mol. The zero-order chi connectivity index (χ0) is 10.9. The monoisotopic (exact) mass is 197 g/mol. The highest BCUT2D eigenvalue weighted by atomic mass is 19.1. The van der Waals surface area contributed by atoms with Crippen LogP contribution in [0.3, 0.4) is 0 Å². The summed E-state index contributed by atoms with van der Waals surface area (Å²) >= 11 is 0. The fraction of sp³-hybridized carbons (Fsp3) is 0.455. The second kappa shape index (κ2) is 4.07. The Balaban J connectivity index is 3.22. The first-order valence-corrected chi connectivity index (χ1v) is 4.58. The normalized spacial score (nSPS) is 11.1. The Labute approximate surface area is 83.9 Å². The molecule has 3 heteroatoms. The highest BCUT2D eigenvalue weighted by molar-refractivity contribution is 5.38. The van der Waals surface area contributed by atoms with Crippen molar-refractivity contribution in [3.05, 3.63) is 34.1 Å². The van der Waals surface area contributed by atoms with Crippen molar-refractivity contribution in [1.82, 2.24) is 5.06 Å². The largest absolute Gasteiger partial charge is 0.314 e. The van der Waals surface area contributed by atoms with Gasteiger partial charge in [0, 0.05) is 13.6 Å². The summed E-state index contributed by atoms with van der Waals surface area (Å²) in [6, 6.07) is 1.81. The van der Waals surface area contributed by atoms with E-state index in [0.717, 1.165) is 16.2 Å². The van der Waals surface area contributed by atoms with Gasteiger partial charge < -0.3 is 5.21 Å². The van der Waals surface area contributed by atoms with Gasteiger partial charge in [0.15, 0.2) is 0 Å². The quantitative estimate of drug-likeness (QED) is 0.736. The lowest BCUT2D eigenvalue weighted by Crippen LogP contribution is -2.14. The first-order chi connectivity index (χ1) is 6.43. The van der Waals surface area contributed by atoms with Crippen molar-refractivity contribution in [3.8, 4) is 0 Å². The molecule has 0 aliphatic carbocycles. The van der Waals surface area contributed by atoms with Crippen molar-refractivity contribution in [3.63, 3.8) is 0 Å². The maximum atomic E-state index is 13.5. The molecule has 0 saturated carbocycles. The lowest BCUT2D eigenvalue weighted by Gasteiger charge is -2.15. The average Bonchev–Trinajstić information content (AvgIpc) is 2.09. The van der Waals surface area contributed by atoms with Gasteiger partial charge in [0.05, 0.1) is 0 Å². The van der Waals surface area contributed by atoms with Crippen LogP contribution in [0.2, 0.25) is 0 Å². The van der Waals surface area contributed by atoms with Crippen molar-refractivity contribution in [1.29, 1.82) is 0 Å². The zero-order valence-electron chi connectivity index (χ0n) is 9.06. The number of rotatable bonds is 2. The molecule has 0 radical (unpaired) electrons. The van der Waals surface area contributed by atoms with Crippen molar-refractivity contribution in [2.24, 2.45) is 0 Å². The smallest absolute Gasteiger partial charge is 0.129 e. The van der Waals surface area contributed by atoms with E-state index in [-0.39, 0.29) is 5.82 Å². The number of benzene rings is 1. The Kier molecular flexibility index (Phi) is 3.24. The van der Waals surface area contributed by atoms with Crippen LogP contribution in [0.4, 0.5) is 4.39 Å². The molecule has 0 spiro atoms. The van der Waals surface area contributed by atoms with Gasteiger partial charge in [-0.3, -0.25) is 0 Å². The number of halogens is 1. The minimum atomic E-state index is -0.174. The number of aryl methyl sites for hydroxylation is 2. The third kappa shape index (κ3) is 2.11. The van der Waals surface area contributed by atoms with Crippen LogP contribution in [-0.4, -0.2) is 17.3 Å². The highest BCUT2D eigenvalue weighted by Crippen LogP contribution is 2.21. The summed E-state index contributed by atoms with van der Waals surface area (Å²) in [5.74, 6) is -0.174. The summed E-state index contributed by atoms with van der Waals surface area (Å²) in [6.45, 7) is 5.78. The summed E-state index contributed by atoms with van der Waals surface area (Å²) in [5.41, 5.74) is 3.16. The predicted molar refractivity (Wildman–Crippen MR) is 53.9 cm³/mol. The lowest BCUT2D eigenvalue weighted by molar-refractivity contribution is -0.0734. The van der Waals surface area contributed by atoms with E-state index in [0.29, 0.717) is 17.7 Å². The summed E-state index contributed by atoms with van der Waals surface area (Å²) in [4.78, 5) is 0. The average molecular weight is 197 g/mol. The molecule has 78 valence electrons. The summed E-state index contributed by atoms with van der Waals surface area (Å²) in [6.07, 6.45) is 0. The zero-order valence-corrected chi connectivity index (χ0v) is 9.06. The molecule has 1 aromatic carbocycles. The van der Waals surface area contributed by atoms with E-state index < -0.39 is 0 Å². The van der Waals surface area contributed by atoms with Gasteiger partial charge in [-0.15, -0.1) is 0 Å². The van der Waals surface area contributed by atoms with E-state index in [4.69, 9.17) is 5.21 Å². The van der Waals surface area contributed by atoms with Crippen LogP contribution in [0.25, 0.3) is 0 Å². The van der Waals surface area contributed by atoms with E-state index in [1.807, 2.05) is 6.92 Å². The van der Waals surface area contributed by atoms with E-state index in [1.165, 1.54) is 0 Å². The lowest BCUT2D eigenvalue weighted by atomic mass is 9.99. The van der Waals surface area contributed by atoms with Gasteiger partial charge in [0.25, 0.3) is 0 Å². The standard InChI is InChI=1S/C11H16FNO/c1-7-5-8(2)11(12)9(3)10(7)6-13(4)14/h5,14H,6H2,1-4H3. The van der Waals surface area contributed by atoms with Gasteiger partial charge in [0.2, 0.25) is 0 Å². The summed E-state index contributed by atoms with van der Waals surface area (Å²) in [7, 11) is 1.55. The van der Waals surface area contributed by atoms with Crippen LogP contribution in [0.1, 0.15) is 22.3 Å². The molecule has 0 bridgehead atoms. The molecule has 1 rings (SSSR count). The molecule has 0 aliphatic rings. The second-order valence-electron chi connectivity index (χ2n) is 3.74. The second-order valence-corrected chi connectivity index (χ2v) is 3.74. The highest BCUT2D eigenvalue weighted by Gasteiger charge is 2.11. The molecule has 0 fully saturated rings. The molecule has 14 heavy (non-hydrogen) atoms. The molecule has 1 aromatic rings. The Morgan fingerprint density at radius 3 is 2.36 bits per heavy atom. The van der Waals surface area contributed by atoms with Crippen LogP contribution >= 0.6 is 0 Å². The molecule has 0 aliphatic heterocycles. The fourth-order valence-electron chi connectivity index (χ4n) is 1.67. The van der Waals surface area contributed by atoms with Gasteiger partial charge in [0.1, 0.15) is 5.82 Å². The van der Waals surface area contributed by atoms with Crippen molar-refractivity contribution in [2.45, 2.75) is 27.3 Å². The number of hydroxylamine groups is 2. The van der Waals surface area contributed by atoms with E-state index in [1.54, 1.807) is 27.0 Å². The molecule has 0 saturated heterocycles. The molecule has 0 aromatic heterocycles. The molecule has 1 N–H and O–H groups in total. The van der Waals surface area contributed by atoms with Gasteiger partial charge in [-0.2, -0.15) is 5.06 Å². The molecule has 0 unspecified atom stereocenters. The third-order valence-corrected chi connectivity index (χ3v) is 2.42. The van der Waals surface area contributed by atoms with Crippen LogP contribution in [0, 0.1) is 26.6 Å². The van der Waals surface area contributed by atoms with E-state index in [2.05, 4.69) is 0 Å². The molecular formula is C11H16FNO. The maximum Gasteiger partial charge on any atom is 0.129 e. The van der Waals surface area contributed by atoms with Gasteiger partial charge in [-0.1, -0.05) is 6.07 Å². The minimum absolute atomic E-state index is 0.174. The van der Waals surface area contributed by atoms with Crippen molar-refractivity contribution < 1.29 is 9.60 Å². The summed E-state index contributed by atoms with van der Waals surface area (Å²) in [5, 5.41) is 10.2. The predicted octanol–water partition coefficient (Wildman–Crippen LogP) is 2.57. The third-order valence-electron chi connectivity index (χ3n) is 2.42. The molecule has 0 atom stereocenters.